The summed E-state index contributed by atoms with van der Waals surface area (Å²) in [5, 5.41) is 6.59. The molecule has 2 unspecified atom stereocenters. The van der Waals surface area contributed by atoms with Gasteiger partial charge < -0.3 is 20.1 Å². The van der Waals surface area contributed by atoms with E-state index in [0.29, 0.717) is 12.7 Å². The SMILES string of the molecule is CCOC1CC(NC(=O)[C@H]2NCCO[C@@H]2C)C12CCCCC2.Cl. The second-order valence-corrected chi connectivity index (χ2v) is 7.04. The van der Waals surface area contributed by atoms with E-state index in [1.54, 1.807) is 0 Å². The second-order valence-electron chi connectivity index (χ2n) is 7.04. The van der Waals surface area contributed by atoms with Crippen molar-refractivity contribution in [2.45, 2.75) is 76.7 Å². The Morgan fingerprint density at radius 1 is 1.35 bits per heavy atom. The van der Waals surface area contributed by atoms with Crippen LogP contribution >= 0.6 is 12.4 Å². The van der Waals surface area contributed by atoms with Gasteiger partial charge >= 0.3 is 0 Å². The Labute approximate surface area is 145 Å². The average Bonchev–Trinajstić information content (AvgIpc) is 2.55. The van der Waals surface area contributed by atoms with Crippen molar-refractivity contribution in [1.29, 1.82) is 0 Å². The van der Waals surface area contributed by atoms with Gasteiger partial charge in [-0.05, 0) is 33.1 Å². The number of carbonyl (C=O) groups excluding carboxylic acids is 1. The molecular weight excluding hydrogens is 316 g/mol. The maximum absolute atomic E-state index is 12.6. The lowest BCUT2D eigenvalue weighted by Crippen LogP contribution is -2.68. The fraction of sp³-hybridized carbons (Fsp3) is 0.941. The van der Waals surface area contributed by atoms with Crippen molar-refractivity contribution in [3.63, 3.8) is 0 Å². The summed E-state index contributed by atoms with van der Waals surface area (Å²) >= 11 is 0. The Morgan fingerprint density at radius 2 is 2.09 bits per heavy atom. The van der Waals surface area contributed by atoms with Gasteiger partial charge in [-0.15, -0.1) is 12.4 Å². The molecule has 2 aliphatic carbocycles. The van der Waals surface area contributed by atoms with E-state index in [2.05, 4.69) is 17.6 Å². The first-order valence-electron chi connectivity index (χ1n) is 8.94. The fourth-order valence-corrected chi connectivity index (χ4v) is 4.55. The number of ether oxygens (including phenoxy) is 2. The van der Waals surface area contributed by atoms with Crippen LogP contribution in [0, 0.1) is 5.41 Å². The number of nitrogens with one attached hydrogen (secondary N) is 2. The summed E-state index contributed by atoms with van der Waals surface area (Å²) in [5.41, 5.74) is 0.183. The number of rotatable bonds is 4. The van der Waals surface area contributed by atoms with Gasteiger partial charge in [0.25, 0.3) is 0 Å². The molecule has 0 aromatic carbocycles. The summed E-state index contributed by atoms with van der Waals surface area (Å²) < 4.78 is 11.6. The third-order valence-corrected chi connectivity index (χ3v) is 5.85. The molecule has 134 valence electrons. The summed E-state index contributed by atoms with van der Waals surface area (Å²) in [6.45, 7) is 6.23. The van der Waals surface area contributed by atoms with Crippen LogP contribution in [0.4, 0.5) is 0 Å². The second kappa shape index (κ2) is 8.15. The number of hydrogen-bond acceptors (Lipinski definition) is 4. The molecule has 1 spiro atoms. The third kappa shape index (κ3) is 3.68. The van der Waals surface area contributed by atoms with Crippen molar-refractivity contribution < 1.29 is 14.3 Å². The Kier molecular flexibility index (Phi) is 6.72. The van der Waals surface area contributed by atoms with Gasteiger partial charge in [-0.25, -0.2) is 0 Å². The fourth-order valence-electron chi connectivity index (χ4n) is 4.55. The molecule has 0 aromatic heterocycles. The normalized spacial score (nSPS) is 35.9. The van der Waals surface area contributed by atoms with Crippen LogP contribution in [0.25, 0.3) is 0 Å². The van der Waals surface area contributed by atoms with Crippen molar-refractivity contribution in [3.8, 4) is 0 Å². The number of morpholine rings is 1. The van der Waals surface area contributed by atoms with E-state index in [1.807, 2.05) is 6.92 Å². The molecule has 1 amide bonds. The predicted molar refractivity (Wildman–Crippen MR) is 91.9 cm³/mol. The monoisotopic (exact) mass is 346 g/mol. The molecule has 4 atom stereocenters. The van der Waals surface area contributed by atoms with E-state index in [1.165, 1.54) is 32.1 Å². The van der Waals surface area contributed by atoms with E-state index in [0.717, 1.165) is 19.6 Å². The Morgan fingerprint density at radius 3 is 2.74 bits per heavy atom. The van der Waals surface area contributed by atoms with Crippen LogP contribution < -0.4 is 10.6 Å². The molecule has 23 heavy (non-hydrogen) atoms. The lowest BCUT2D eigenvalue weighted by molar-refractivity contribution is -0.159. The number of hydrogen-bond donors (Lipinski definition) is 2. The van der Waals surface area contributed by atoms with Gasteiger partial charge in [-0.3, -0.25) is 4.79 Å². The Bertz CT molecular complexity index is 401. The highest BCUT2D eigenvalue weighted by atomic mass is 35.5. The largest absolute Gasteiger partial charge is 0.378 e. The Balaban J connectivity index is 0.00000192. The quantitative estimate of drug-likeness (QED) is 0.817. The van der Waals surface area contributed by atoms with Gasteiger partial charge in [0.1, 0.15) is 6.04 Å². The standard InChI is InChI=1S/C17H30N2O3.ClH/c1-3-21-14-11-13(17(14)7-5-4-6-8-17)19-16(20)15-12(2)22-10-9-18-15;/h12-15,18H,3-11H2,1-2H3,(H,19,20);1H/t12-,13?,14?,15+;/m1./s1. The zero-order valence-corrected chi connectivity index (χ0v) is 15.1. The smallest absolute Gasteiger partial charge is 0.240 e. The molecule has 3 rings (SSSR count). The zero-order valence-electron chi connectivity index (χ0n) is 14.3. The zero-order chi connectivity index (χ0) is 15.6. The molecule has 1 saturated heterocycles. The first-order valence-corrected chi connectivity index (χ1v) is 8.94. The van der Waals surface area contributed by atoms with Gasteiger partial charge in [0.05, 0.1) is 18.8 Å². The lowest BCUT2D eigenvalue weighted by atomic mass is 9.55. The van der Waals surface area contributed by atoms with Gasteiger partial charge in [-0.1, -0.05) is 19.3 Å². The Hall–Kier alpha value is -0.360. The maximum Gasteiger partial charge on any atom is 0.240 e. The minimum Gasteiger partial charge on any atom is -0.378 e. The van der Waals surface area contributed by atoms with Crippen LogP contribution in [0.2, 0.25) is 0 Å². The predicted octanol–water partition coefficient (Wildman–Crippen LogP) is 2.03. The molecule has 0 radical (unpaired) electrons. The molecule has 2 N–H and O–H groups in total. The maximum atomic E-state index is 12.6. The molecule has 3 fully saturated rings. The van der Waals surface area contributed by atoms with Crippen LogP contribution in [0.5, 0.6) is 0 Å². The van der Waals surface area contributed by atoms with E-state index in [4.69, 9.17) is 9.47 Å². The number of carbonyl (C=O) groups is 1. The van der Waals surface area contributed by atoms with Gasteiger partial charge in [0.2, 0.25) is 5.91 Å². The molecule has 2 saturated carbocycles. The molecule has 3 aliphatic rings. The number of halogens is 1. The van der Waals surface area contributed by atoms with Gasteiger partial charge in [0, 0.05) is 24.6 Å². The minimum atomic E-state index is -0.222. The highest BCUT2D eigenvalue weighted by Gasteiger charge is 2.56. The molecular formula is C17H31ClN2O3. The van der Waals surface area contributed by atoms with Crippen molar-refractivity contribution in [3.05, 3.63) is 0 Å². The van der Waals surface area contributed by atoms with Crippen molar-refractivity contribution in [2.75, 3.05) is 19.8 Å². The molecule has 6 heteroatoms. The molecule has 1 aliphatic heterocycles. The van der Waals surface area contributed by atoms with E-state index >= 15 is 0 Å². The van der Waals surface area contributed by atoms with E-state index < -0.39 is 0 Å². The third-order valence-electron chi connectivity index (χ3n) is 5.85. The minimum absolute atomic E-state index is 0. The van der Waals surface area contributed by atoms with Crippen LogP contribution in [0.3, 0.4) is 0 Å². The summed E-state index contributed by atoms with van der Waals surface area (Å²) in [5.74, 6) is 0.0945. The average molecular weight is 347 g/mol. The van der Waals surface area contributed by atoms with Crippen LogP contribution in [0.15, 0.2) is 0 Å². The summed E-state index contributed by atoms with van der Waals surface area (Å²) in [4.78, 5) is 12.6. The van der Waals surface area contributed by atoms with Crippen LogP contribution in [-0.4, -0.2) is 50.0 Å². The van der Waals surface area contributed by atoms with E-state index in [-0.39, 0.29) is 41.9 Å². The first kappa shape index (κ1) is 19.0. The van der Waals surface area contributed by atoms with Crippen LogP contribution in [-0.2, 0) is 14.3 Å². The van der Waals surface area contributed by atoms with Crippen LogP contribution in [0.1, 0.15) is 52.4 Å². The van der Waals surface area contributed by atoms with Crippen molar-refractivity contribution >= 4 is 18.3 Å². The van der Waals surface area contributed by atoms with Crippen molar-refractivity contribution in [2.24, 2.45) is 5.41 Å². The molecule has 0 aromatic rings. The van der Waals surface area contributed by atoms with Gasteiger partial charge in [-0.2, -0.15) is 0 Å². The summed E-state index contributed by atoms with van der Waals surface area (Å²) in [6.07, 6.45) is 7.45. The highest BCUT2D eigenvalue weighted by Crippen LogP contribution is 2.53. The summed E-state index contributed by atoms with van der Waals surface area (Å²) in [6, 6.07) is 0.0494. The molecule has 1 heterocycles. The molecule has 0 bridgehead atoms. The molecule has 5 nitrogen and oxygen atoms in total. The number of amides is 1. The first-order chi connectivity index (χ1) is 10.7. The van der Waals surface area contributed by atoms with E-state index in [9.17, 15) is 4.79 Å². The van der Waals surface area contributed by atoms with Gasteiger partial charge in [0.15, 0.2) is 0 Å². The topological polar surface area (TPSA) is 59.6 Å². The lowest BCUT2D eigenvalue weighted by Gasteiger charge is -2.58. The van der Waals surface area contributed by atoms with Crippen molar-refractivity contribution in [1.82, 2.24) is 10.6 Å². The summed E-state index contributed by atoms with van der Waals surface area (Å²) in [7, 11) is 0. The highest BCUT2D eigenvalue weighted by molar-refractivity contribution is 5.85.